The molecule has 3 aromatic rings. The molecule has 0 aliphatic rings. The Labute approximate surface area is 130 Å². The summed E-state index contributed by atoms with van der Waals surface area (Å²) in [7, 11) is 1.34. The van der Waals surface area contributed by atoms with Gasteiger partial charge in [-0.05, 0) is 23.8 Å². The van der Waals surface area contributed by atoms with Crippen LogP contribution in [-0.2, 0) is 11.2 Å². The Morgan fingerprint density at radius 3 is 2.73 bits per heavy atom. The highest BCUT2D eigenvalue weighted by atomic mass is 35.5. The first-order valence-corrected chi connectivity index (χ1v) is 6.95. The Hall–Kier alpha value is -2.40. The lowest BCUT2D eigenvalue weighted by Gasteiger charge is -2.01. The topological polar surface area (TPSA) is 55.0 Å². The molecule has 0 atom stereocenters. The van der Waals surface area contributed by atoms with Gasteiger partial charge in [0.2, 0.25) is 0 Å². The minimum absolute atomic E-state index is 0.0491. The van der Waals surface area contributed by atoms with E-state index in [1.807, 2.05) is 12.1 Å². The van der Waals surface area contributed by atoms with E-state index >= 15 is 0 Å². The first kappa shape index (κ1) is 14.5. The van der Waals surface area contributed by atoms with E-state index in [-0.39, 0.29) is 11.0 Å². The smallest absolute Gasteiger partial charge is 0.337 e. The molecule has 6 heteroatoms. The van der Waals surface area contributed by atoms with Crippen molar-refractivity contribution in [3.05, 3.63) is 64.2 Å². The van der Waals surface area contributed by atoms with Gasteiger partial charge in [-0.3, -0.25) is 0 Å². The van der Waals surface area contributed by atoms with Gasteiger partial charge in [-0.15, -0.1) is 0 Å². The maximum Gasteiger partial charge on any atom is 0.337 e. The Morgan fingerprint density at radius 2 is 2.05 bits per heavy atom. The number of nitrogens with zero attached hydrogens (tertiary/aromatic N) is 1. The number of aromatic nitrogens is 2. The van der Waals surface area contributed by atoms with Crippen molar-refractivity contribution in [1.82, 2.24) is 9.97 Å². The van der Waals surface area contributed by atoms with Gasteiger partial charge in [0.05, 0.1) is 28.7 Å². The second-order valence-electron chi connectivity index (χ2n) is 4.83. The zero-order valence-electron chi connectivity index (χ0n) is 11.7. The lowest BCUT2D eigenvalue weighted by molar-refractivity contribution is 0.0600. The number of hydrogen-bond acceptors (Lipinski definition) is 3. The molecule has 1 N–H and O–H groups in total. The van der Waals surface area contributed by atoms with Gasteiger partial charge in [-0.2, -0.15) is 0 Å². The van der Waals surface area contributed by atoms with E-state index in [9.17, 15) is 9.18 Å². The molecule has 22 heavy (non-hydrogen) atoms. The fraction of sp³-hybridized carbons (Fsp3) is 0.125. The number of H-pyrrole nitrogens is 1. The van der Waals surface area contributed by atoms with Gasteiger partial charge in [-0.1, -0.05) is 23.7 Å². The number of fused-ring (bicyclic) bond motifs is 1. The predicted molar refractivity (Wildman–Crippen MR) is 81.6 cm³/mol. The third-order valence-electron chi connectivity index (χ3n) is 3.32. The van der Waals surface area contributed by atoms with Gasteiger partial charge in [0, 0.05) is 12.5 Å². The molecule has 112 valence electrons. The molecular weight excluding hydrogens is 307 g/mol. The molecule has 3 rings (SSSR count). The van der Waals surface area contributed by atoms with Crippen molar-refractivity contribution in [2.24, 2.45) is 0 Å². The molecule has 0 fully saturated rings. The fourth-order valence-corrected chi connectivity index (χ4v) is 2.37. The van der Waals surface area contributed by atoms with Gasteiger partial charge in [0.1, 0.15) is 11.6 Å². The summed E-state index contributed by atoms with van der Waals surface area (Å²) >= 11 is 5.75. The largest absolute Gasteiger partial charge is 0.465 e. The highest BCUT2D eigenvalue weighted by Gasteiger charge is 2.09. The molecule has 1 heterocycles. The van der Waals surface area contributed by atoms with Crippen molar-refractivity contribution in [2.75, 3.05) is 7.11 Å². The summed E-state index contributed by atoms with van der Waals surface area (Å²) in [4.78, 5) is 18.8. The number of rotatable bonds is 3. The molecule has 0 bridgehead atoms. The van der Waals surface area contributed by atoms with Crippen LogP contribution in [0.15, 0.2) is 36.4 Å². The number of hydrogen-bond donors (Lipinski definition) is 1. The second-order valence-corrected chi connectivity index (χ2v) is 5.24. The first-order valence-electron chi connectivity index (χ1n) is 6.57. The number of imidazole rings is 1. The van der Waals surface area contributed by atoms with Crippen molar-refractivity contribution in [3.8, 4) is 0 Å². The van der Waals surface area contributed by atoms with Crippen LogP contribution >= 0.6 is 11.6 Å². The summed E-state index contributed by atoms with van der Waals surface area (Å²) in [6.45, 7) is 0. The van der Waals surface area contributed by atoms with Gasteiger partial charge in [-0.25, -0.2) is 14.2 Å². The minimum atomic E-state index is -0.480. The molecular formula is C16H12ClFN2O2. The number of benzene rings is 2. The average Bonchev–Trinajstić information content (AvgIpc) is 2.89. The normalized spacial score (nSPS) is 10.9. The average molecular weight is 319 g/mol. The highest BCUT2D eigenvalue weighted by Crippen LogP contribution is 2.22. The zero-order chi connectivity index (χ0) is 15.7. The Bertz CT molecular complexity index is 804. The van der Waals surface area contributed by atoms with Gasteiger partial charge < -0.3 is 9.72 Å². The van der Waals surface area contributed by atoms with Gasteiger partial charge in [0.25, 0.3) is 0 Å². The van der Waals surface area contributed by atoms with E-state index in [1.54, 1.807) is 12.1 Å². The molecule has 0 spiro atoms. The Kier molecular flexibility index (Phi) is 3.81. The number of methoxy groups -OCH3 is 1. The van der Waals surface area contributed by atoms with Crippen LogP contribution in [0, 0.1) is 5.82 Å². The van der Waals surface area contributed by atoms with Crippen LogP contribution in [-0.4, -0.2) is 23.0 Å². The van der Waals surface area contributed by atoms with Gasteiger partial charge in [0.15, 0.2) is 0 Å². The third kappa shape index (κ3) is 2.80. The molecule has 0 saturated heterocycles. The molecule has 0 amide bonds. The highest BCUT2D eigenvalue weighted by molar-refractivity contribution is 6.31. The van der Waals surface area contributed by atoms with Crippen LogP contribution < -0.4 is 0 Å². The molecule has 0 unspecified atom stereocenters. The number of ether oxygens (including phenoxy) is 1. The van der Waals surface area contributed by atoms with Crippen LogP contribution in [0.3, 0.4) is 0 Å². The lowest BCUT2D eigenvalue weighted by atomic mass is 10.1. The van der Waals surface area contributed by atoms with E-state index in [2.05, 4.69) is 14.7 Å². The monoisotopic (exact) mass is 318 g/mol. The maximum atomic E-state index is 13.4. The predicted octanol–water partition coefficient (Wildman–Crippen LogP) is 3.73. The Morgan fingerprint density at radius 1 is 1.32 bits per heavy atom. The number of carbonyl (C=O) groups excluding carboxylic acids is 1. The van der Waals surface area contributed by atoms with E-state index in [4.69, 9.17) is 11.6 Å². The van der Waals surface area contributed by atoms with Crippen LogP contribution in [0.1, 0.15) is 21.7 Å². The van der Waals surface area contributed by atoms with E-state index in [0.717, 1.165) is 5.56 Å². The molecule has 2 aromatic carbocycles. The fourth-order valence-electron chi connectivity index (χ4n) is 2.21. The quantitative estimate of drug-likeness (QED) is 0.749. The zero-order valence-corrected chi connectivity index (χ0v) is 12.4. The van der Waals surface area contributed by atoms with Gasteiger partial charge >= 0.3 is 5.97 Å². The van der Waals surface area contributed by atoms with E-state index < -0.39 is 5.82 Å². The number of carbonyl (C=O) groups is 1. The number of aromatic amines is 1. The van der Waals surface area contributed by atoms with Crippen LogP contribution in [0.5, 0.6) is 0 Å². The molecule has 0 saturated carbocycles. The molecule has 0 aliphatic carbocycles. The Balaban J connectivity index is 1.85. The molecule has 0 radical (unpaired) electrons. The standard InChI is InChI=1S/C16H12ClFN2O2/c1-22-16(21)10-4-2-9(3-5-10)6-15-19-13-7-11(17)12(18)8-14(13)20-15/h2-5,7-8H,6H2,1H3,(H,19,20). The maximum absolute atomic E-state index is 13.4. The minimum Gasteiger partial charge on any atom is -0.465 e. The van der Waals surface area contributed by atoms with Crippen molar-refractivity contribution in [1.29, 1.82) is 0 Å². The van der Waals surface area contributed by atoms with E-state index in [1.165, 1.54) is 19.2 Å². The van der Waals surface area contributed by atoms with Crippen molar-refractivity contribution in [3.63, 3.8) is 0 Å². The molecule has 1 aromatic heterocycles. The summed E-state index contributed by atoms with van der Waals surface area (Å²) in [6, 6.07) is 9.86. The second kappa shape index (κ2) is 5.77. The first-order chi connectivity index (χ1) is 10.6. The van der Waals surface area contributed by atoms with Crippen molar-refractivity contribution < 1.29 is 13.9 Å². The SMILES string of the molecule is COC(=O)c1ccc(Cc2nc3cc(Cl)c(F)cc3[nH]2)cc1. The lowest BCUT2D eigenvalue weighted by Crippen LogP contribution is -2.01. The summed E-state index contributed by atoms with van der Waals surface area (Å²) < 4.78 is 18.1. The summed E-state index contributed by atoms with van der Waals surface area (Å²) in [5.41, 5.74) is 2.68. The summed E-state index contributed by atoms with van der Waals surface area (Å²) in [5, 5.41) is 0.0491. The van der Waals surface area contributed by atoms with E-state index in [0.29, 0.717) is 28.8 Å². The molecule has 4 nitrogen and oxygen atoms in total. The van der Waals surface area contributed by atoms with Crippen LogP contribution in [0.2, 0.25) is 5.02 Å². The summed E-state index contributed by atoms with van der Waals surface area (Å²) in [6.07, 6.45) is 0.537. The van der Waals surface area contributed by atoms with Crippen molar-refractivity contribution >= 4 is 28.6 Å². The molecule has 0 aliphatic heterocycles. The third-order valence-corrected chi connectivity index (χ3v) is 3.61. The summed E-state index contributed by atoms with van der Waals surface area (Å²) in [5.74, 6) is -0.158. The number of esters is 1. The van der Waals surface area contributed by atoms with Crippen molar-refractivity contribution in [2.45, 2.75) is 6.42 Å². The number of nitrogens with one attached hydrogen (secondary N) is 1. The van der Waals surface area contributed by atoms with Crippen LogP contribution in [0.25, 0.3) is 11.0 Å². The number of halogens is 2. The van der Waals surface area contributed by atoms with Crippen LogP contribution in [0.4, 0.5) is 4.39 Å².